The first-order valence-electron chi connectivity index (χ1n) is 5.87. The molecule has 1 aliphatic rings. The molecule has 0 atom stereocenters. The van der Waals surface area contributed by atoms with Gasteiger partial charge in [-0.2, -0.15) is 0 Å². The van der Waals surface area contributed by atoms with Crippen LogP contribution in [0.15, 0.2) is 24.3 Å². The fourth-order valence-corrected chi connectivity index (χ4v) is 2.25. The smallest absolute Gasteiger partial charge is 0.0369 e. The lowest BCUT2D eigenvalue weighted by Crippen LogP contribution is -2.46. The first kappa shape index (κ1) is 10.5. The molecule has 2 N–H and O–H groups in total. The van der Waals surface area contributed by atoms with E-state index in [2.05, 4.69) is 36.1 Å². The highest BCUT2D eigenvalue weighted by Gasteiger charge is 2.25. The zero-order chi connectivity index (χ0) is 10.7. The van der Waals surface area contributed by atoms with Crippen molar-refractivity contribution in [3.05, 3.63) is 29.8 Å². The van der Waals surface area contributed by atoms with Crippen LogP contribution in [-0.2, 0) is 6.54 Å². The summed E-state index contributed by atoms with van der Waals surface area (Å²) in [6.07, 6.45) is 2.68. The van der Waals surface area contributed by atoms with Gasteiger partial charge in [-0.25, -0.2) is 0 Å². The molecule has 0 spiro atoms. The summed E-state index contributed by atoms with van der Waals surface area (Å²) in [5.74, 6) is 0.913. The summed E-state index contributed by atoms with van der Waals surface area (Å²) >= 11 is 0. The van der Waals surface area contributed by atoms with Crippen molar-refractivity contribution < 1.29 is 0 Å². The molecule has 0 saturated carbocycles. The van der Waals surface area contributed by atoms with Crippen molar-refractivity contribution in [3.8, 4) is 0 Å². The zero-order valence-electron chi connectivity index (χ0n) is 9.45. The van der Waals surface area contributed by atoms with Crippen LogP contribution in [0.3, 0.4) is 0 Å². The molecular weight excluding hydrogens is 184 g/mol. The molecular formula is C13H20N2. The van der Waals surface area contributed by atoms with Crippen LogP contribution < -0.4 is 10.6 Å². The third-order valence-electron chi connectivity index (χ3n) is 3.17. The van der Waals surface area contributed by atoms with Crippen LogP contribution in [0.25, 0.3) is 0 Å². The Bertz CT molecular complexity index is 316. The van der Waals surface area contributed by atoms with E-state index in [9.17, 15) is 0 Å². The van der Waals surface area contributed by atoms with Gasteiger partial charge in [0, 0.05) is 25.3 Å². The Morgan fingerprint density at radius 1 is 1.40 bits per heavy atom. The zero-order valence-corrected chi connectivity index (χ0v) is 9.45. The van der Waals surface area contributed by atoms with E-state index in [0.29, 0.717) is 6.54 Å². The third kappa shape index (κ3) is 2.32. The predicted octanol–water partition coefficient (Wildman–Crippen LogP) is 2.38. The van der Waals surface area contributed by atoms with Crippen LogP contribution in [0.5, 0.6) is 0 Å². The maximum absolute atomic E-state index is 5.63. The minimum absolute atomic E-state index is 0.639. The second-order valence-corrected chi connectivity index (χ2v) is 4.43. The number of nitrogens with two attached hydrogens (primary N) is 1. The van der Waals surface area contributed by atoms with Gasteiger partial charge in [0.15, 0.2) is 0 Å². The number of hydrogen-bond donors (Lipinski definition) is 1. The van der Waals surface area contributed by atoms with E-state index >= 15 is 0 Å². The minimum atomic E-state index is 0.639. The summed E-state index contributed by atoms with van der Waals surface area (Å²) in [6, 6.07) is 8.58. The van der Waals surface area contributed by atoms with Crippen molar-refractivity contribution in [1.29, 1.82) is 0 Å². The molecule has 2 nitrogen and oxygen atoms in total. The summed E-state index contributed by atoms with van der Waals surface area (Å²) in [5, 5.41) is 0. The van der Waals surface area contributed by atoms with Gasteiger partial charge in [0.1, 0.15) is 0 Å². The van der Waals surface area contributed by atoms with E-state index in [0.717, 1.165) is 5.92 Å². The molecule has 0 amide bonds. The van der Waals surface area contributed by atoms with Crippen molar-refractivity contribution in [3.63, 3.8) is 0 Å². The first-order chi connectivity index (χ1) is 7.33. The maximum atomic E-state index is 5.63. The standard InChI is InChI=1S/C13H20N2/c1-2-4-12-9-15(10-12)13-6-3-5-11(7-13)8-14/h3,5-7,12H,2,4,8-10,14H2,1H3. The fraction of sp³-hybridized carbons (Fsp3) is 0.538. The van der Waals surface area contributed by atoms with Gasteiger partial charge < -0.3 is 10.6 Å². The number of nitrogens with zero attached hydrogens (tertiary/aromatic N) is 1. The minimum Gasteiger partial charge on any atom is -0.371 e. The van der Waals surface area contributed by atoms with E-state index in [1.165, 1.54) is 37.2 Å². The lowest BCUT2D eigenvalue weighted by molar-refractivity contribution is 0.380. The quantitative estimate of drug-likeness (QED) is 0.816. The maximum Gasteiger partial charge on any atom is 0.0369 e. The normalized spacial score (nSPS) is 16.5. The van der Waals surface area contributed by atoms with Gasteiger partial charge >= 0.3 is 0 Å². The second-order valence-electron chi connectivity index (χ2n) is 4.43. The van der Waals surface area contributed by atoms with E-state index < -0.39 is 0 Å². The van der Waals surface area contributed by atoms with Gasteiger partial charge in [-0.3, -0.25) is 0 Å². The summed E-state index contributed by atoms with van der Waals surface area (Å²) < 4.78 is 0. The van der Waals surface area contributed by atoms with Crippen molar-refractivity contribution >= 4 is 5.69 Å². The van der Waals surface area contributed by atoms with Crippen LogP contribution in [0.4, 0.5) is 5.69 Å². The first-order valence-corrected chi connectivity index (χ1v) is 5.87. The Labute approximate surface area is 92.1 Å². The third-order valence-corrected chi connectivity index (χ3v) is 3.17. The van der Waals surface area contributed by atoms with Crippen molar-refractivity contribution in [2.75, 3.05) is 18.0 Å². The number of anilines is 1. The van der Waals surface area contributed by atoms with Crippen molar-refractivity contribution in [2.24, 2.45) is 11.7 Å². The number of hydrogen-bond acceptors (Lipinski definition) is 2. The van der Waals surface area contributed by atoms with Crippen LogP contribution in [0.2, 0.25) is 0 Å². The molecule has 0 unspecified atom stereocenters. The highest BCUT2D eigenvalue weighted by atomic mass is 15.2. The number of rotatable bonds is 4. The molecule has 0 aliphatic carbocycles. The molecule has 1 heterocycles. The van der Waals surface area contributed by atoms with Crippen LogP contribution in [0, 0.1) is 5.92 Å². The average molecular weight is 204 g/mol. The molecule has 0 radical (unpaired) electrons. The monoisotopic (exact) mass is 204 g/mol. The van der Waals surface area contributed by atoms with Crippen LogP contribution >= 0.6 is 0 Å². The van der Waals surface area contributed by atoms with Gasteiger partial charge in [0.2, 0.25) is 0 Å². The van der Waals surface area contributed by atoms with Gasteiger partial charge in [0.25, 0.3) is 0 Å². The highest BCUT2D eigenvalue weighted by Crippen LogP contribution is 2.27. The van der Waals surface area contributed by atoms with Crippen LogP contribution in [-0.4, -0.2) is 13.1 Å². The molecule has 0 bridgehead atoms. The average Bonchev–Trinajstić information content (AvgIpc) is 2.23. The molecule has 1 aromatic rings. The second kappa shape index (κ2) is 4.67. The molecule has 0 aromatic heterocycles. The summed E-state index contributed by atoms with van der Waals surface area (Å²) in [7, 11) is 0. The predicted molar refractivity (Wildman–Crippen MR) is 64.9 cm³/mol. The van der Waals surface area contributed by atoms with Gasteiger partial charge in [-0.15, -0.1) is 0 Å². The Morgan fingerprint density at radius 2 is 2.20 bits per heavy atom. The van der Waals surface area contributed by atoms with Gasteiger partial charge in [0.05, 0.1) is 0 Å². The largest absolute Gasteiger partial charge is 0.371 e. The molecule has 2 heteroatoms. The SMILES string of the molecule is CCCC1CN(c2cccc(CN)c2)C1. The Kier molecular flexibility index (Phi) is 3.27. The highest BCUT2D eigenvalue weighted by molar-refractivity contribution is 5.50. The topological polar surface area (TPSA) is 29.3 Å². The summed E-state index contributed by atoms with van der Waals surface area (Å²) in [5.41, 5.74) is 8.20. The molecule has 1 saturated heterocycles. The molecule has 1 aromatic carbocycles. The molecule has 2 rings (SSSR count). The lowest BCUT2D eigenvalue weighted by atomic mass is 9.94. The number of benzene rings is 1. The van der Waals surface area contributed by atoms with Crippen molar-refractivity contribution in [2.45, 2.75) is 26.3 Å². The summed E-state index contributed by atoms with van der Waals surface area (Å²) in [4.78, 5) is 2.44. The van der Waals surface area contributed by atoms with E-state index in [-0.39, 0.29) is 0 Å². The molecule has 82 valence electrons. The van der Waals surface area contributed by atoms with Crippen LogP contribution in [0.1, 0.15) is 25.3 Å². The van der Waals surface area contributed by atoms with E-state index in [4.69, 9.17) is 5.73 Å². The van der Waals surface area contributed by atoms with Crippen molar-refractivity contribution in [1.82, 2.24) is 0 Å². The Hall–Kier alpha value is -1.02. The van der Waals surface area contributed by atoms with Gasteiger partial charge in [-0.1, -0.05) is 25.5 Å². The van der Waals surface area contributed by atoms with E-state index in [1.54, 1.807) is 0 Å². The molecule has 15 heavy (non-hydrogen) atoms. The fourth-order valence-electron chi connectivity index (χ4n) is 2.25. The molecule has 1 fully saturated rings. The molecule has 1 aliphatic heterocycles. The summed E-state index contributed by atoms with van der Waals surface area (Å²) in [6.45, 7) is 5.35. The van der Waals surface area contributed by atoms with E-state index in [1.807, 2.05) is 0 Å². The Balaban J connectivity index is 1.94. The van der Waals surface area contributed by atoms with Gasteiger partial charge in [-0.05, 0) is 30.0 Å². The lowest BCUT2D eigenvalue weighted by Gasteiger charge is -2.41. The Morgan fingerprint density at radius 3 is 2.87 bits per heavy atom.